The number of hydrogen-bond acceptors (Lipinski definition) is 7. The molecule has 6 nitrogen and oxygen atoms in total. The third-order valence-electron chi connectivity index (χ3n) is 4.96. The molecule has 30 heavy (non-hydrogen) atoms. The normalized spacial score (nSPS) is 12.5. The number of rotatable bonds is 9. The Morgan fingerprint density at radius 3 is 2.40 bits per heavy atom. The summed E-state index contributed by atoms with van der Waals surface area (Å²) in [5, 5.41) is 29.3. The number of aromatic nitrogens is 2. The Kier molecular flexibility index (Phi) is 7.28. The SMILES string of the molecule is CCCc1csc(-c2nnc(-c3cc(C)c(OCC(O)CO)c(C)c3)o2)c1C(C)C. The highest BCUT2D eigenvalue weighted by Crippen LogP contribution is 2.39. The Bertz CT molecular complexity index is 970. The molecule has 2 heterocycles. The van der Waals surface area contributed by atoms with Crippen molar-refractivity contribution in [1.29, 1.82) is 0 Å². The van der Waals surface area contributed by atoms with Gasteiger partial charge in [-0.25, -0.2) is 0 Å². The summed E-state index contributed by atoms with van der Waals surface area (Å²) in [5.74, 6) is 2.11. The molecule has 1 aromatic carbocycles. The third-order valence-corrected chi connectivity index (χ3v) is 6.00. The van der Waals surface area contributed by atoms with Crippen molar-refractivity contribution >= 4 is 11.3 Å². The van der Waals surface area contributed by atoms with Crippen LogP contribution in [0.4, 0.5) is 0 Å². The lowest BCUT2D eigenvalue weighted by molar-refractivity contribution is 0.0532. The highest BCUT2D eigenvalue weighted by atomic mass is 32.1. The minimum Gasteiger partial charge on any atom is -0.490 e. The summed E-state index contributed by atoms with van der Waals surface area (Å²) in [7, 11) is 0. The molecule has 3 aromatic rings. The molecule has 1 atom stereocenters. The quantitative estimate of drug-likeness (QED) is 0.502. The van der Waals surface area contributed by atoms with Gasteiger partial charge in [0.05, 0.1) is 11.5 Å². The van der Waals surface area contributed by atoms with Crippen molar-refractivity contribution in [2.75, 3.05) is 13.2 Å². The van der Waals surface area contributed by atoms with Gasteiger partial charge in [0.15, 0.2) is 0 Å². The van der Waals surface area contributed by atoms with E-state index in [2.05, 4.69) is 36.3 Å². The van der Waals surface area contributed by atoms with Crippen molar-refractivity contribution in [1.82, 2.24) is 10.2 Å². The Balaban J connectivity index is 1.90. The first-order valence-corrected chi connectivity index (χ1v) is 11.2. The molecule has 0 bridgehead atoms. The first kappa shape index (κ1) is 22.5. The van der Waals surface area contributed by atoms with Crippen LogP contribution in [0.2, 0.25) is 0 Å². The lowest BCUT2D eigenvalue weighted by atomic mass is 9.97. The van der Waals surface area contributed by atoms with Crippen LogP contribution in [0, 0.1) is 13.8 Å². The van der Waals surface area contributed by atoms with Gasteiger partial charge in [0.2, 0.25) is 5.89 Å². The summed E-state index contributed by atoms with van der Waals surface area (Å²) in [6.45, 7) is 10.2. The fourth-order valence-corrected chi connectivity index (χ4v) is 4.81. The molecule has 3 rings (SSSR count). The first-order chi connectivity index (χ1) is 14.3. The summed E-state index contributed by atoms with van der Waals surface area (Å²) < 4.78 is 11.8. The largest absolute Gasteiger partial charge is 0.490 e. The molecule has 7 heteroatoms. The molecule has 1 unspecified atom stereocenters. The van der Waals surface area contributed by atoms with Crippen LogP contribution < -0.4 is 4.74 Å². The first-order valence-electron chi connectivity index (χ1n) is 10.3. The Morgan fingerprint density at radius 1 is 1.13 bits per heavy atom. The van der Waals surface area contributed by atoms with E-state index in [9.17, 15) is 5.11 Å². The zero-order chi connectivity index (χ0) is 21.8. The van der Waals surface area contributed by atoms with Gasteiger partial charge in [0.1, 0.15) is 18.5 Å². The molecule has 0 aliphatic heterocycles. The van der Waals surface area contributed by atoms with E-state index in [0.29, 0.717) is 23.4 Å². The number of benzene rings is 1. The molecule has 2 N–H and O–H groups in total. The molecular weight excluding hydrogens is 400 g/mol. The maximum Gasteiger partial charge on any atom is 0.258 e. The predicted molar refractivity (Wildman–Crippen MR) is 119 cm³/mol. The van der Waals surface area contributed by atoms with Crippen LogP contribution in [-0.4, -0.2) is 39.7 Å². The second kappa shape index (κ2) is 9.73. The molecule has 0 amide bonds. The maximum absolute atomic E-state index is 9.53. The predicted octanol–water partition coefficient (Wildman–Crippen LogP) is 4.89. The van der Waals surface area contributed by atoms with E-state index in [1.165, 1.54) is 11.1 Å². The topological polar surface area (TPSA) is 88.6 Å². The van der Waals surface area contributed by atoms with Crippen molar-refractivity contribution in [3.8, 4) is 28.0 Å². The van der Waals surface area contributed by atoms with E-state index in [1.54, 1.807) is 11.3 Å². The molecule has 0 aliphatic carbocycles. The van der Waals surface area contributed by atoms with Crippen molar-refractivity contribution < 1.29 is 19.4 Å². The lowest BCUT2D eigenvalue weighted by Crippen LogP contribution is -2.21. The number of thiophene rings is 1. The van der Waals surface area contributed by atoms with E-state index >= 15 is 0 Å². The van der Waals surface area contributed by atoms with Gasteiger partial charge in [-0.1, -0.05) is 27.2 Å². The fourth-order valence-electron chi connectivity index (χ4n) is 3.63. The van der Waals surface area contributed by atoms with Crippen LogP contribution in [0.25, 0.3) is 22.2 Å². The van der Waals surface area contributed by atoms with Gasteiger partial charge in [-0.05, 0) is 66.0 Å². The van der Waals surface area contributed by atoms with Gasteiger partial charge in [0.25, 0.3) is 5.89 Å². The smallest absolute Gasteiger partial charge is 0.258 e. The van der Waals surface area contributed by atoms with Crippen LogP contribution in [0.15, 0.2) is 21.9 Å². The molecule has 0 radical (unpaired) electrons. The van der Waals surface area contributed by atoms with Crippen LogP contribution in [0.5, 0.6) is 5.75 Å². The van der Waals surface area contributed by atoms with Crippen LogP contribution in [0.3, 0.4) is 0 Å². The van der Waals surface area contributed by atoms with Gasteiger partial charge in [-0.2, -0.15) is 0 Å². The van der Waals surface area contributed by atoms with Crippen molar-refractivity contribution in [2.24, 2.45) is 0 Å². The zero-order valence-electron chi connectivity index (χ0n) is 18.2. The second-order valence-corrected chi connectivity index (χ2v) is 8.79. The highest BCUT2D eigenvalue weighted by molar-refractivity contribution is 7.13. The van der Waals surface area contributed by atoms with Crippen LogP contribution >= 0.6 is 11.3 Å². The number of aliphatic hydroxyl groups excluding tert-OH is 2. The van der Waals surface area contributed by atoms with E-state index in [1.807, 2.05) is 26.0 Å². The average molecular weight is 431 g/mol. The molecule has 0 aliphatic rings. The summed E-state index contributed by atoms with van der Waals surface area (Å²) in [6.07, 6.45) is 1.25. The number of aryl methyl sites for hydroxylation is 3. The summed E-state index contributed by atoms with van der Waals surface area (Å²) >= 11 is 1.67. The van der Waals surface area contributed by atoms with Gasteiger partial charge >= 0.3 is 0 Å². The molecular formula is C23H30N2O4S. The minimum atomic E-state index is -0.902. The number of hydrogen-bond donors (Lipinski definition) is 2. The van der Waals surface area contributed by atoms with Crippen molar-refractivity contribution in [3.63, 3.8) is 0 Å². The van der Waals surface area contributed by atoms with Gasteiger partial charge < -0.3 is 19.4 Å². The molecule has 2 aromatic heterocycles. The van der Waals surface area contributed by atoms with Gasteiger partial charge in [-0.15, -0.1) is 21.5 Å². The summed E-state index contributed by atoms with van der Waals surface area (Å²) in [4.78, 5) is 1.05. The van der Waals surface area contributed by atoms with Gasteiger partial charge in [0, 0.05) is 5.56 Å². The number of ether oxygens (including phenoxy) is 1. The highest BCUT2D eigenvalue weighted by Gasteiger charge is 2.21. The minimum absolute atomic E-state index is 0.0404. The molecule has 0 spiro atoms. The Morgan fingerprint density at radius 2 is 1.80 bits per heavy atom. The van der Waals surface area contributed by atoms with Crippen LogP contribution in [-0.2, 0) is 6.42 Å². The molecule has 162 valence electrons. The van der Waals surface area contributed by atoms with Crippen molar-refractivity contribution in [3.05, 3.63) is 39.8 Å². The number of nitrogens with zero attached hydrogens (tertiary/aromatic N) is 2. The van der Waals surface area contributed by atoms with Gasteiger partial charge in [-0.3, -0.25) is 0 Å². The Hall–Kier alpha value is -2.22. The third kappa shape index (κ3) is 4.74. The second-order valence-electron chi connectivity index (χ2n) is 7.91. The van der Waals surface area contributed by atoms with E-state index in [0.717, 1.165) is 34.4 Å². The summed E-state index contributed by atoms with van der Waals surface area (Å²) in [5.41, 5.74) is 5.30. The Labute approximate surface area is 181 Å². The van der Waals surface area contributed by atoms with E-state index in [4.69, 9.17) is 14.3 Å². The standard InChI is InChI=1S/C23H30N2O4S/c1-6-7-16-12-30-21(19(16)13(2)3)23-25-24-22(29-23)17-8-14(4)20(15(5)9-17)28-11-18(27)10-26/h8-9,12-13,18,26-27H,6-7,10-11H2,1-5H3. The van der Waals surface area contributed by atoms with E-state index in [-0.39, 0.29) is 13.2 Å². The van der Waals surface area contributed by atoms with Crippen molar-refractivity contribution in [2.45, 2.75) is 59.5 Å². The van der Waals surface area contributed by atoms with Crippen LogP contribution in [0.1, 0.15) is 55.4 Å². The lowest BCUT2D eigenvalue weighted by Gasteiger charge is -2.15. The fraction of sp³-hybridized carbons (Fsp3) is 0.478. The summed E-state index contributed by atoms with van der Waals surface area (Å²) in [6, 6.07) is 3.87. The number of aliphatic hydroxyl groups is 2. The molecule has 0 fully saturated rings. The average Bonchev–Trinajstić information content (AvgIpc) is 3.34. The zero-order valence-corrected chi connectivity index (χ0v) is 19.0. The maximum atomic E-state index is 9.53. The molecule has 0 saturated heterocycles. The molecule has 0 saturated carbocycles. The van der Waals surface area contributed by atoms with E-state index < -0.39 is 6.10 Å². The monoisotopic (exact) mass is 430 g/mol.